The summed E-state index contributed by atoms with van der Waals surface area (Å²) in [6.45, 7) is 3.40. The molecule has 0 radical (unpaired) electrons. The highest BCUT2D eigenvalue weighted by atomic mass is 127. The zero-order valence-corrected chi connectivity index (χ0v) is 18.1. The van der Waals surface area contributed by atoms with Gasteiger partial charge in [-0.25, -0.2) is 5.43 Å². The fraction of sp³-hybridized carbons (Fsp3) is 0.158. The summed E-state index contributed by atoms with van der Waals surface area (Å²) in [5.74, 6) is -2.12. The van der Waals surface area contributed by atoms with E-state index in [0.29, 0.717) is 22.1 Å². The highest BCUT2D eigenvalue weighted by molar-refractivity contribution is 14.1. The van der Waals surface area contributed by atoms with Crippen LogP contribution in [0.25, 0.3) is 0 Å². The molecule has 0 saturated carbocycles. The van der Waals surface area contributed by atoms with Gasteiger partial charge in [-0.2, -0.15) is 5.10 Å². The number of nitrogens with one attached hydrogen (secondary N) is 3. The van der Waals surface area contributed by atoms with Crippen LogP contribution in [0.15, 0.2) is 47.6 Å². The minimum absolute atomic E-state index is 0.0263. The molecule has 0 aromatic heterocycles. The van der Waals surface area contributed by atoms with Crippen molar-refractivity contribution in [2.45, 2.75) is 20.3 Å². The molecule has 0 aliphatic carbocycles. The lowest BCUT2D eigenvalue weighted by Crippen LogP contribution is -2.33. The zero-order chi connectivity index (χ0) is 20.7. The van der Waals surface area contributed by atoms with Gasteiger partial charge in [-0.3, -0.25) is 14.4 Å². The lowest BCUT2D eigenvalue weighted by atomic mass is 10.2. The maximum Gasteiger partial charge on any atom is 0.329 e. The van der Waals surface area contributed by atoms with Gasteiger partial charge < -0.3 is 10.6 Å². The van der Waals surface area contributed by atoms with Crippen LogP contribution in [-0.4, -0.2) is 23.4 Å². The molecule has 0 saturated heterocycles. The zero-order valence-electron chi connectivity index (χ0n) is 15.2. The Labute approximate surface area is 181 Å². The third kappa shape index (κ3) is 6.93. The van der Waals surface area contributed by atoms with Crippen LogP contribution < -0.4 is 16.1 Å². The molecule has 0 bridgehead atoms. The minimum atomic E-state index is -0.950. The molecule has 0 spiro atoms. The first kappa shape index (κ1) is 21.8. The van der Waals surface area contributed by atoms with Crippen LogP contribution in [0, 0.1) is 10.5 Å². The highest BCUT2D eigenvalue weighted by Gasteiger charge is 2.14. The minimum Gasteiger partial charge on any atom is -0.326 e. The summed E-state index contributed by atoms with van der Waals surface area (Å²) in [5, 5.41) is 9.41. The molecule has 3 N–H and O–H groups in total. The van der Waals surface area contributed by atoms with E-state index >= 15 is 0 Å². The first-order valence-corrected chi connectivity index (χ1v) is 9.66. The number of amides is 3. The van der Waals surface area contributed by atoms with E-state index in [9.17, 15) is 14.4 Å². The quantitative estimate of drug-likeness (QED) is 0.246. The summed E-state index contributed by atoms with van der Waals surface area (Å²) in [5.41, 5.74) is 4.39. The van der Waals surface area contributed by atoms with Gasteiger partial charge in [0.15, 0.2) is 0 Å². The maximum atomic E-state index is 12.0. The van der Waals surface area contributed by atoms with E-state index in [4.69, 9.17) is 11.6 Å². The van der Waals surface area contributed by atoms with Crippen molar-refractivity contribution >= 4 is 69.0 Å². The van der Waals surface area contributed by atoms with E-state index < -0.39 is 11.8 Å². The molecule has 2 aromatic carbocycles. The lowest BCUT2D eigenvalue weighted by Gasteiger charge is -2.07. The summed E-state index contributed by atoms with van der Waals surface area (Å²) in [4.78, 5) is 35.7. The predicted octanol–water partition coefficient (Wildman–Crippen LogP) is 3.71. The van der Waals surface area contributed by atoms with E-state index in [1.807, 2.05) is 19.1 Å². The molecular weight excluding hydrogens is 495 g/mol. The molecule has 7 nitrogen and oxygen atoms in total. The molecule has 3 amide bonds. The number of benzene rings is 2. The normalized spacial score (nSPS) is 10.9. The van der Waals surface area contributed by atoms with E-state index in [-0.39, 0.29) is 12.3 Å². The van der Waals surface area contributed by atoms with Crippen LogP contribution in [0.1, 0.15) is 18.9 Å². The number of carbonyl (C=O) groups is 3. The number of hydrazone groups is 1. The van der Waals surface area contributed by atoms with Crippen molar-refractivity contribution in [3.05, 3.63) is 56.6 Å². The van der Waals surface area contributed by atoms with Crippen LogP contribution in [0.4, 0.5) is 11.4 Å². The monoisotopic (exact) mass is 512 g/mol. The molecule has 2 aromatic rings. The number of anilines is 2. The molecular formula is C19H18ClIN4O3. The number of rotatable bonds is 5. The van der Waals surface area contributed by atoms with E-state index in [0.717, 1.165) is 9.13 Å². The Balaban J connectivity index is 1.84. The topological polar surface area (TPSA) is 99.7 Å². The van der Waals surface area contributed by atoms with E-state index in [2.05, 4.69) is 43.8 Å². The van der Waals surface area contributed by atoms with Gasteiger partial charge in [0.05, 0.1) is 6.42 Å². The predicted molar refractivity (Wildman–Crippen MR) is 118 cm³/mol. The number of aryl methyl sites for hydroxylation is 1. The summed E-state index contributed by atoms with van der Waals surface area (Å²) < 4.78 is 1.06. The Kier molecular flexibility index (Phi) is 7.94. The van der Waals surface area contributed by atoms with Crippen molar-refractivity contribution in [1.29, 1.82) is 0 Å². The van der Waals surface area contributed by atoms with Gasteiger partial charge in [-0.15, -0.1) is 0 Å². The standard InChI is InChI=1S/C19H18ClIN4O3/c1-11-3-6-15(10-16(11)20)23-18(27)19(28)25-24-12(2)9-17(26)22-14-7-4-13(21)5-8-14/h3-8,10H,9H2,1-2H3,(H,22,26)(H,23,27)(H,25,28)/b24-12+. The Bertz CT molecular complexity index is 929. The average Bonchev–Trinajstić information content (AvgIpc) is 2.64. The molecule has 2 rings (SSSR count). The van der Waals surface area contributed by atoms with Crippen LogP contribution in [0.2, 0.25) is 5.02 Å². The van der Waals surface area contributed by atoms with Gasteiger partial charge in [0.25, 0.3) is 0 Å². The molecule has 0 aliphatic heterocycles. The number of carbonyl (C=O) groups excluding carboxylic acids is 3. The Morgan fingerprint density at radius 3 is 2.29 bits per heavy atom. The number of nitrogens with zero attached hydrogens (tertiary/aromatic N) is 1. The van der Waals surface area contributed by atoms with E-state index in [1.54, 1.807) is 37.3 Å². The molecule has 0 atom stereocenters. The third-order valence-electron chi connectivity index (χ3n) is 3.53. The second-order valence-electron chi connectivity index (χ2n) is 5.94. The highest BCUT2D eigenvalue weighted by Crippen LogP contribution is 2.19. The lowest BCUT2D eigenvalue weighted by molar-refractivity contribution is -0.136. The van der Waals surface area contributed by atoms with Crippen LogP contribution in [-0.2, 0) is 14.4 Å². The van der Waals surface area contributed by atoms with Gasteiger partial charge in [-0.05, 0) is 78.4 Å². The number of hydrogen-bond donors (Lipinski definition) is 3. The third-order valence-corrected chi connectivity index (χ3v) is 4.65. The molecule has 0 aliphatic rings. The molecule has 9 heteroatoms. The average molecular weight is 513 g/mol. The van der Waals surface area contributed by atoms with Crippen LogP contribution >= 0.6 is 34.2 Å². The number of halogens is 2. The summed E-state index contributed by atoms with van der Waals surface area (Å²) in [6, 6.07) is 12.2. The van der Waals surface area contributed by atoms with Gasteiger partial charge in [-0.1, -0.05) is 17.7 Å². The largest absolute Gasteiger partial charge is 0.329 e. The van der Waals surface area contributed by atoms with Crippen LogP contribution in [0.3, 0.4) is 0 Å². The number of hydrogen-bond acceptors (Lipinski definition) is 4. The molecule has 0 heterocycles. The Hall–Kier alpha value is -2.46. The SMILES string of the molecule is C/C(CC(=O)Nc1ccc(I)cc1)=N\NC(=O)C(=O)Nc1ccc(C)c(Cl)c1. The van der Waals surface area contributed by atoms with Crippen molar-refractivity contribution in [1.82, 2.24) is 5.43 Å². The van der Waals surface area contributed by atoms with Crippen molar-refractivity contribution in [3.63, 3.8) is 0 Å². The van der Waals surface area contributed by atoms with Crippen LogP contribution in [0.5, 0.6) is 0 Å². The molecule has 0 unspecified atom stereocenters. The molecule has 28 heavy (non-hydrogen) atoms. The Morgan fingerprint density at radius 2 is 1.64 bits per heavy atom. The van der Waals surface area contributed by atoms with Crippen molar-refractivity contribution in [3.8, 4) is 0 Å². The second kappa shape index (κ2) is 10.2. The molecule has 146 valence electrons. The van der Waals surface area contributed by atoms with Gasteiger partial charge in [0.1, 0.15) is 0 Å². The first-order chi connectivity index (χ1) is 13.2. The van der Waals surface area contributed by atoms with E-state index in [1.165, 1.54) is 0 Å². The van der Waals surface area contributed by atoms with Crippen molar-refractivity contribution in [2.75, 3.05) is 10.6 Å². The van der Waals surface area contributed by atoms with Gasteiger partial charge >= 0.3 is 11.8 Å². The fourth-order valence-corrected chi connectivity index (χ4v) is 2.61. The van der Waals surface area contributed by atoms with Gasteiger partial charge in [0.2, 0.25) is 5.91 Å². The Morgan fingerprint density at radius 1 is 1.00 bits per heavy atom. The first-order valence-electron chi connectivity index (χ1n) is 8.20. The second-order valence-corrected chi connectivity index (χ2v) is 7.59. The van der Waals surface area contributed by atoms with Crippen molar-refractivity contribution in [2.24, 2.45) is 5.10 Å². The summed E-state index contributed by atoms with van der Waals surface area (Å²) >= 11 is 8.15. The van der Waals surface area contributed by atoms with Crippen molar-refractivity contribution < 1.29 is 14.4 Å². The van der Waals surface area contributed by atoms with Gasteiger partial charge in [0, 0.05) is 25.7 Å². The summed E-state index contributed by atoms with van der Waals surface area (Å²) in [7, 11) is 0. The smallest absolute Gasteiger partial charge is 0.326 e. The fourth-order valence-electron chi connectivity index (χ4n) is 2.07. The molecule has 0 fully saturated rings. The summed E-state index contributed by atoms with van der Waals surface area (Å²) in [6.07, 6.45) is -0.0263. The maximum absolute atomic E-state index is 12.0.